The highest BCUT2D eigenvalue weighted by Gasteiger charge is 2.66. The van der Waals surface area contributed by atoms with Gasteiger partial charge in [-0.3, -0.25) is 4.79 Å². The van der Waals surface area contributed by atoms with E-state index in [4.69, 9.17) is 14.2 Å². The molecule has 3 fully saturated rings. The molecular formula is C38H48O7. The van der Waals surface area contributed by atoms with Crippen LogP contribution in [0.3, 0.4) is 0 Å². The lowest BCUT2D eigenvalue weighted by molar-refractivity contribution is -0.152. The van der Waals surface area contributed by atoms with E-state index in [0.717, 1.165) is 16.7 Å². The summed E-state index contributed by atoms with van der Waals surface area (Å²) in [6.07, 6.45) is 22.3. The van der Waals surface area contributed by atoms with E-state index in [9.17, 15) is 19.8 Å². The second-order valence-electron chi connectivity index (χ2n) is 14.3. The first-order valence-electron chi connectivity index (χ1n) is 15.7. The van der Waals surface area contributed by atoms with Crippen LogP contribution in [-0.2, 0) is 23.8 Å². The highest BCUT2D eigenvalue weighted by molar-refractivity contribution is 5.95. The van der Waals surface area contributed by atoms with Gasteiger partial charge in [0, 0.05) is 30.8 Å². The molecule has 2 saturated carbocycles. The summed E-state index contributed by atoms with van der Waals surface area (Å²) < 4.78 is 16.8. The second-order valence-corrected chi connectivity index (χ2v) is 14.3. The highest BCUT2D eigenvalue weighted by atomic mass is 16.6. The number of ether oxygens (including phenoxy) is 3. The van der Waals surface area contributed by atoms with Crippen LogP contribution >= 0.6 is 0 Å². The minimum absolute atomic E-state index is 0.0179. The van der Waals surface area contributed by atoms with Crippen LogP contribution in [-0.4, -0.2) is 51.7 Å². The van der Waals surface area contributed by atoms with Crippen molar-refractivity contribution in [1.29, 1.82) is 0 Å². The van der Waals surface area contributed by atoms with E-state index >= 15 is 0 Å². The Bertz CT molecular complexity index is 1460. The summed E-state index contributed by atoms with van der Waals surface area (Å²) in [7, 11) is 0. The molecule has 2 aliphatic carbocycles. The normalized spacial score (nSPS) is 33.8. The van der Waals surface area contributed by atoms with Crippen molar-refractivity contribution in [1.82, 2.24) is 0 Å². The summed E-state index contributed by atoms with van der Waals surface area (Å²) in [6.45, 7) is 15.3. The fraction of sp³-hybridized carbons (Fsp3) is 0.500. The number of epoxide rings is 1. The summed E-state index contributed by atoms with van der Waals surface area (Å²) in [5, 5.41) is 21.2. The standard InChI is InChI=1S/C38H48O7/c1-25(15-16-32-35(4,5)23-31(43-27(3)39)24-37(32,8)42)13-11-9-10-12-14-26(2)19-30-20-28(34(41)44-30)17-18-38-33(45-38)21-29(40)22-36(38,6)7/h9-15,17-20,29,31,33,40,42H,21-24H2,1-8H3/b11-9+,12-10+,18-17+,25-13-,26-14+,30-19-/t16?,29-,31+,33-,37-,38-/m1/s1. The van der Waals surface area contributed by atoms with Crippen LogP contribution in [0.2, 0.25) is 0 Å². The van der Waals surface area contributed by atoms with Crippen molar-refractivity contribution in [2.75, 3.05) is 0 Å². The Labute approximate surface area is 267 Å². The number of aliphatic hydroxyl groups excluding tert-OH is 1. The lowest BCUT2D eigenvalue weighted by atomic mass is 9.65. The first kappa shape index (κ1) is 34.4. The monoisotopic (exact) mass is 616 g/mol. The number of carbonyl (C=O) groups excluding carboxylic acids is 2. The van der Waals surface area contributed by atoms with Gasteiger partial charge in [-0.05, 0) is 80.6 Å². The quantitative estimate of drug-likeness (QED) is 0.133. The predicted octanol–water partition coefficient (Wildman–Crippen LogP) is 6.82. The number of fused-ring (bicyclic) bond motifs is 1. The Morgan fingerprint density at radius 2 is 1.67 bits per heavy atom. The molecule has 0 unspecified atom stereocenters. The van der Waals surface area contributed by atoms with Gasteiger partial charge in [-0.1, -0.05) is 64.2 Å². The minimum atomic E-state index is -1.12. The molecule has 242 valence electrons. The van der Waals surface area contributed by atoms with Crippen molar-refractivity contribution in [3.05, 3.63) is 101 Å². The van der Waals surface area contributed by atoms with Gasteiger partial charge >= 0.3 is 11.9 Å². The fourth-order valence-corrected chi connectivity index (χ4v) is 7.02. The summed E-state index contributed by atoms with van der Waals surface area (Å²) in [5.74, 6) is -0.234. The average molecular weight is 617 g/mol. The Kier molecular flexibility index (Phi) is 10.0. The van der Waals surface area contributed by atoms with Crippen LogP contribution in [0.15, 0.2) is 101 Å². The molecular weight excluding hydrogens is 568 g/mol. The van der Waals surface area contributed by atoms with Gasteiger partial charge in [0.2, 0.25) is 0 Å². The molecule has 4 aliphatic rings. The van der Waals surface area contributed by atoms with Crippen LogP contribution in [0.1, 0.15) is 81.1 Å². The number of allylic oxidation sites excluding steroid dienone is 10. The zero-order valence-corrected chi connectivity index (χ0v) is 27.8. The third-order valence-corrected chi connectivity index (χ3v) is 9.08. The molecule has 0 aromatic carbocycles. The molecule has 0 aromatic rings. The van der Waals surface area contributed by atoms with Gasteiger partial charge in [-0.2, -0.15) is 0 Å². The van der Waals surface area contributed by atoms with E-state index in [1.807, 2.05) is 82.4 Å². The van der Waals surface area contributed by atoms with E-state index in [1.54, 1.807) is 19.1 Å². The molecule has 0 radical (unpaired) electrons. The van der Waals surface area contributed by atoms with Gasteiger partial charge in [0.15, 0.2) is 0 Å². The molecule has 5 atom stereocenters. The molecule has 2 aliphatic heterocycles. The number of hydrogen-bond donors (Lipinski definition) is 2. The molecule has 4 rings (SSSR count). The molecule has 1 saturated heterocycles. The van der Waals surface area contributed by atoms with Crippen molar-refractivity contribution >= 4 is 11.9 Å². The number of rotatable bonds is 8. The van der Waals surface area contributed by atoms with Crippen molar-refractivity contribution in [2.24, 2.45) is 10.8 Å². The van der Waals surface area contributed by atoms with Gasteiger partial charge < -0.3 is 24.4 Å². The molecule has 2 N–H and O–H groups in total. The fourth-order valence-electron chi connectivity index (χ4n) is 7.02. The Morgan fingerprint density at radius 3 is 2.29 bits per heavy atom. The summed E-state index contributed by atoms with van der Waals surface area (Å²) in [5.41, 5.74) is 4.36. The van der Waals surface area contributed by atoms with Crippen LogP contribution in [0, 0.1) is 10.8 Å². The number of cyclic esters (lactones) is 1. The number of hydrogen-bond acceptors (Lipinski definition) is 7. The topological polar surface area (TPSA) is 106 Å². The zero-order chi connectivity index (χ0) is 33.2. The first-order valence-corrected chi connectivity index (χ1v) is 15.7. The van der Waals surface area contributed by atoms with Gasteiger partial charge in [-0.25, -0.2) is 4.79 Å². The van der Waals surface area contributed by atoms with Crippen molar-refractivity contribution < 1.29 is 34.0 Å². The third-order valence-electron chi connectivity index (χ3n) is 9.08. The maximum Gasteiger partial charge on any atom is 0.343 e. The molecule has 7 heteroatoms. The highest BCUT2D eigenvalue weighted by Crippen LogP contribution is 2.59. The van der Waals surface area contributed by atoms with E-state index < -0.39 is 11.2 Å². The molecule has 2 heterocycles. The molecule has 0 bridgehead atoms. The Morgan fingerprint density at radius 1 is 1.00 bits per heavy atom. The third kappa shape index (κ3) is 8.22. The molecule has 0 aromatic heterocycles. The maximum absolute atomic E-state index is 12.5. The molecule has 0 amide bonds. The van der Waals surface area contributed by atoms with Crippen LogP contribution in [0.5, 0.6) is 0 Å². The summed E-state index contributed by atoms with van der Waals surface area (Å²) >= 11 is 0. The SMILES string of the molecule is CC(=O)O[C@H]1CC(C)(C)C(=C=C\C(C)=C/C=C/C=C/C=C(C)/C=C2C=C(/C=C/[C@@]34O[C@@H]3C[C@@H](O)CC4(C)C)C(=O)O/2)[C@](C)(O)C1. The smallest absolute Gasteiger partial charge is 0.343 e. The molecule has 7 nitrogen and oxygen atoms in total. The average Bonchev–Trinajstić information content (AvgIpc) is 3.50. The number of aliphatic hydroxyl groups is 2. The van der Waals surface area contributed by atoms with Gasteiger partial charge in [-0.15, -0.1) is 5.73 Å². The second kappa shape index (κ2) is 13.1. The van der Waals surface area contributed by atoms with Crippen LogP contribution in [0.25, 0.3) is 0 Å². The van der Waals surface area contributed by atoms with Crippen LogP contribution < -0.4 is 0 Å². The number of esters is 2. The minimum Gasteiger partial charge on any atom is -0.462 e. The predicted molar refractivity (Wildman–Crippen MR) is 175 cm³/mol. The van der Waals surface area contributed by atoms with E-state index in [0.29, 0.717) is 37.0 Å². The molecule has 0 spiro atoms. The Balaban J connectivity index is 1.34. The first-order chi connectivity index (χ1) is 20.9. The van der Waals surface area contributed by atoms with Gasteiger partial charge in [0.1, 0.15) is 17.5 Å². The van der Waals surface area contributed by atoms with Crippen LogP contribution in [0.4, 0.5) is 0 Å². The van der Waals surface area contributed by atoms with E-state index in [-0.39, 0.29) is 41.1 Å². The lowest BCUT2D eigenvalue weighted by Gasteiger charge is -2.44. The largest absolute Gasteiger partial charge is 0.462 e. The Hall–Kier alpha value is -3.48. The van der Waals surface area contributed by atoms with Crippen molar-refractivity contribution in [3.8, 4) is 0 Å². The summed E-state index contributed by atoms with van der Waals surface area (Å²) in [6, 6.07) is 0. The van der Waals surface area contributed by atoms with E-state index in [2.05, 4.69) is 19.6 Å². The zero-order valence-electron chi connectivity index (χ0n) is 27.8. The van der Waals surface area contributed by atoms with Crippen molar-refractivity contribution in [2.45, 2.75) is 111 Å². The maximum atomic E-state index is 12.5. The van der Waals surface area contributed by atoms with Gasteiger partial charge in [0.25, 0.3) is 0 Å². The van der Waals surface area contributed by atoms with Gasteiger partial charge in [0.05, 0.1) is 23.4 Å². The summed E-state index contributed by atoms with van der Waals surface area (Å²) in [4.78, 5) is 23.9. The lowest BCUT2D eigenvalue weighted by Crippen LogP contribution is -2.46. The number of carbonyl (C=O) groups is 2. The molecule has 45 heavy (non-hydrogen) atoms. The van der Waals surface area contributed by atoms with E-state index in [1.165, 1.54) is 6.92 Å². The van der Waals surface area contributed by atoms with Crippen molar-refractivity contribution in [3.63, 3.8) is 0 Å².